The molecule has 0 unspecified atom stereocenters. The van der Waals surface area contributed by atoms with Gasteiger partial charge in [0.1, 0.15) is 5.75 Å². The fraction of sp³-hybridized carbons (Fsp3) is 0.409. The lowest BCUT2D eigenvalue weighted by atomic mass is 9.70. The highest BCUT2D eigenvalue weighted by atomic mass is 16.5. The number of ether oxygens (including phenoxy) is 1. The fourth-order valence-corrected chi connectivity index (χ4v) is 4.82. The maximum Gasteiger partial charge on any atom is 0.261 e. The van der Waals surface area contributed by atoms with E-state index in [0.717, 1.165) is 25.7 Å². The first-order valence-corrected chi connectivity index (χ1v) is 9.36. The number of carbonyl (C=O) groups is 1. The van der Waals surface area contributed by atoms with E-state index in [1.165, 1.54) is 5.56 Å². The summed E-state index contributed by atoms with van der Waals surface area (Å²) in [6.07, 6.45) is 3.68. The van der Waals surface area contributed by atoms with Gasteiger partial charge in [-0.25, -0.2) is 0 Å². The second-order valence-electron chi connectivity index (χ2n) is 7.54. The molecule has 2 aromatic rings. The lowest BCUT2D eigenvalue weighted by Gasteiger charge is -2.36. The van der Waals surface area contributed by atoms with Crippen molar-refractivity contribution in [2.45, 2.75) is 37.8 Å². The predicted molar refractivity (Wildman–Crippen MR) is 99.9 cm³/mol. The number of hydrogen-bond acceptors (Lipinski definition) is 3. The largest absolute Gasteiger partial charge is 0.484 e. The number of para-hydroxylation sites is 1. The lowest BCUT2D eigenvalue weighted by Crippen LogP contribution is -2.45. The summed E-state index contributed by atoms with van der Waals surface area (Å²) in [5, 5.41) is 10.2. The van der Waals surface area contributed by atoms with Gasteiger partial charge in [0.05, 0.1) is 6.61 Å². The number of benzene rings is 2. The highest BCUT2D eigenvalue weighted by Gasteiger charge is 2.56. The Morgan fingerprint density at radius 1 is 1.08 bits per heavy atom. The van der Waals surface area contributed by atoms with Gasteiger partial charge in [-0.1, -0.05) is 48.5 Å². The summed E-state index contributed by atoms with van der Waals surface area (Å²) in [6.45, 7) is 0.177. The minimum absolute atomic E-state index is 0.0322. The molecule has 136 valence electrons. The van der Waals surface area contributed by atoms with Crippen LogP contribution in [-0.2, 0) is 11.2 Å². The maximum atomic E-state index is 12.9. The molecule has 2 bridgehead atoms. The molecule has 2 fully saturated rings. The van der Waals surface area contributed by atoms with Crippen molar-refractivity contribution in [1.82, 2.24) is 4.90 Å². The van der Waals surface area contributed by atoms with E-state index in [4.69, 9.17) is 4.74 Å². The standard InChI is InChI=1S/C22H25NO3/c24-16-22(13-17-7-3-1-4-8-17)14-18-11-12-20(22)23(18)21(25)15-26-19-9-5-2-6-10-19/h1-10,18,20,24H,11-16H2/t18-,20+,22-/m0/s1. The van der Waals surface area contributed by atoms with E-state index >= 15 is 0 Å². The Balaban J connectivity index is 1.47. The van der Waals surface area contributed by atoms with Gasteiger partial charge in [0.25, 0.3) is 5.91 Å². The number of hydrogen-bond donors (Lipinski definition) is 1. The highest BCUT2D eigenvalue weighted by Crippen LogP contribution is 2.51. The van der Waals surface area contributed by atoms with Crippen molar-refractivity contribution in [3.8, 4) is 5.75 Å². The Morgan fingerprint density at radius 2 is 1.77 bits per heavy atom. The molecule has 2 heterocycles. The van der Waals surface area contributed by atoms with Crippen LogP contribution in [0.2, 0.25) is 0 Å². The van der Waals surface area contributed by atoms with E-state index in [1.807, 2.05) is 53.4 Å². The first-order valence-electron chi connectivity index (χ1n) is 9.36. The zero-order chi connectivity index (χ0) is 18.0. The smallest absolute Gasteiger partial charge is 0.261 e. The molecule has 2 saturated heterocycles. The van der Waals surface area contributed by atoms with Crippen LogP contribution >= 0.6 is 0 Å². The first kappa shape index (κ1) is 17.1. The summed E-state index contributed by atoms with van der Waals surface area (Å²) in [6, 6.07) is 20.1. The van der Waals surface area contributed by atoms with Gasteiger partial charge in [-0.2, -0.15) is 0 Å². The van der Waals surface area contributed by atoms with Crippen molar-refractivity contribution in [2.24, 2.45) is 5.41 Å². The zero-order valence-corrected chi connectivity index (χ0v) is 14.9. The van der Waals surface area contributed by atoms with Crippen molar-refractivity contribution < 1.29 is 14.6 Å². The molecule has 2 aliphatic heterocycles. The molecule has 4 rings (SSSR count). The van der Waals surface area contributed by atoms with Crippen LogP contribution in [0.5, 0.6) is 5.75 Å². The Morgan fingerprint density at radius 3 is 2.46 bits per heavy atom. The normalized spacial score (nSPS) is 26.9. The van der Waals surface area contributed by atoms with E-state index in [0.29, 0.717) is 5.75 Å². The summed E-state index contributed by atoms with van der Waals surface area (Å²) >= 11 is 0. The molecular formula is C22H25NO3. The van der Waals surface area contributed by atoms with E-state index in [-0.39, 0.29) is 36.6 Å². The van der Waals surface area contributed by atoms with Crippen molar-refractivity contribution in [1.29, 1.82) is 0 Å². The van der Waals surface area contributed by atoms with Gasteiger partial charge in [-0.3, -0.25) is 4.79 Å². The number of aliphatic hydroxyl groups is 1. The molecule has 3 atom stereocenters. The van der Waals surface area contributed by atoms with Gasteiger partial charge in [0, 0.05) is 17.5 Å². The minimum atomic E-state index is -0.229. The molecule has 2 aromatic carbocycles. The minimum Gasteiger partial charge on any atom is -0.484 e. The van der Waals surface area contributed by atoms with Crippen molar-refractivity contribution in [3.05, 3.63) is 66.2 Å². The molecule has 0 spiro atoms. The average molecular weight is 351 g/mol. The molecule has 0 radical (unpaired) electrons. The SMILES string of the molecule is O=C(COc1ccccc1)N1[C@H]2CC[C@@H]1[C@@](CO)(Cc1ccccc1)C2. The molecule has 26 heavy (non-hydrogen) atoms. The van der Waals surface area contributed by atoms with E-state index < -0.39 is 0 Å². The second-order valence-corrected chi connectivity index (χ2v) is 7.54. The summed E-state index contributed by atoms with van der Waals surface area (Å²) in [5.74, 6) is 0.745. The third-order valence-corrected chi connectivity index (χ3v) is 5.96. The van der Waals surface area contributed by atoms with Crippen LogP contribution in [0, 0.1) is 5.41 Å². The molecule has 4 heteroatoms. The van der Waals surface area contributed by atoms with Gasteiger partial charge in [-0.05, 0) is 43.4 Å². The van der Waals surface area contributed by atoms with Crippen LogP contribution in [-0.4, -0.2) is 41.2 Å². The third-order valence-electron chi connectivity index (χ3n) is 5.96. The number of amides is 1. The highest BCUT2D eigenvalue weighted by molar-refractivity contribution is 5.79. The number of nitrogens with zero attached hydrogens (tertiary/aromatic N) is 1. The Labute approximate surface area is 154 Å². The molecule has 0 aromatic heterocycles. The number of fused-ring (bicyclic) bond motifs is 2. The molecule has 0 saturated carbocycles. The topological polar surface area (TPSA) is 49.8 Å². The molecular weight excluding hydrogens is 326 g/mol. The van der Waals surface area contributed by atoms with Gasteiger partial charge >= 0.3 is 0 Å². The Kier molecular flexibility index (Phi) is 4.68. The van der Waals surface area contributed by atoms with Crippen molar-refractivity contribution in [3.63, 3.8) is 0 Å². The maximum absolute atomic E-state index is 12.9. The number of carbonyl (C=O) groups excluding carboxylic acids is 1. The monoisotopic (exact) mass is 351 g/mol. The quantitative estimate of drug-likeness (QED) is 0.870. The van der Waals surface area contributed by atoms with E-state index in [9.17, 15) is 9.90 Å². The van der Waals surface area contributed by atoms with E-state index in [2.05, 4.69) is 12.1 Å². The summed E-state index contributed by atoms with van der Waals surface area (Å²) < 4.78 is 5.67. The summed E-state index contributed by atoms with van der Waals surface area (Å²) in [5.41, 5.74) is 0.995. The summed E-state index contributed by atoms with van der Waals surface area (Å²) in [7, 11) is 0. The van der Waals surface area contributed by atoms with Crippen LogP contribution in [0.4, 0.5) is 0 Å². The molecule has 4 nitrogen and oxygen atoms in total. The molecule has 0 aliphatic carbocycles. The van der Waals surface area contributed by atoms with Gasteiger partial charge in [-0.15, -0.1) is 0 Å². The van der Waals surface area contributed by atoms with Crippen LogP contribution in [0.15, 0.2) is 60.7 Å². The van der Waals surface area contributed by atoms with Gasteiger partial charge in [0.2, 0.25) is 0 Å². The lowest BCUT2D eigenvalue weighted by molar-refractivity contribution is -0.135. The molecule has 2 aliphatic rings. The van der Waals surface area contributed by atoms with Crippen LogP contribution in [0.1, 0.15) is 24.8 Å². The summed E-state index contributed by atoms with van der Waals surface area (Å²) in [4.78, 5) is 14.9. The Bertz CT molecular complexity index is 748. The predicted octanol–water partition coefficient (Wildman–Crippen LogP) is 3.05. The van der Waals surface area contributed by atoms with Crippen molar-refractivity contribution in [2.75, 3.05) is 13.2 Å². The van der Waals surface area contributed by atoms with Crippen LogP contribution in [0.3, 0.4) is 0 Å². The number of aliphatic hydroxyl groups excluding tert-OH is 1. The van der Waals surface area contributed by atoms with Crippen molar-refractivity contribution >= 4 is 5.91 Å². The number of rotatable bonds is 6. The van der Waals surface area contributed by atoms with Gasteiger partial charge < -0.3 is 14.7 Å². The Hall–Kier alpha value is -2.33. The first-order chi connectivity index (χ1) is 12.7. The fourth-order valence-electron chi connectivity index (χ4n) is 4.82. The zero-order valence-electron chi connectivity index (χ0n) is 14.9. The second kappa shape index (κ2) is 7.12. The van der Waals surface area contributed by atoms with Crippen LogP contribution < -0.4 is 4.74 Å². The average Bonchev–Trinajstić information content (AvgIpc) is 3.24. The van der Waals surface area contributed by atoms with Crippen LogP contribution in [0.25, 0.3) is 0 Å². The van der Waals surface area contributed by atoms with E-state index in [1.54, 1.807) is 0 Å². The molecule has 1 amide bonds. The molecule has 1 N–H and O–H groups in total. The third kappa shape index (κ3) is 3.10. The van der Waals surface area contributed by atoms with Gasteiger partial charge in [0.15, 0.2) is 6.61 Å².